The van der Waals surface area contributed by atoms with Crippen molar-refractivity contribution in [2.75, 3.05) is 19.8 Å². The van der Waals surface area contributed by atoms with Gasteiger partial charge in [-0.15, -0.1) is 0 Å². The van der Waals surface area contributed by atoms with Gasteiger partial charge in [0.05, 0.1) is 5.92 Å². The van der Waals surface area contributed by atoms with E-state index in [0.29, 0.717) is 19.6 Å². The first-order valence-corrected chi connectivity index (χ1v) is 7.79. The van der Waals surface area contributed by atoms with Crippen LogP contribution in [0.2, 0.25) is 0 Å². The molecular weight excluding hydrogens is 292 g/mol. The summed E-state index contributed by atoms with van der Waals surface area (Å²) in [6.07, 6.45) is 0.660. The van der Waals surface area contributed by atoms with Gasteiger partial charge in [-0.1, -0.05) is 30.3 Å². The predicted molar refractivity (Wildman–Crippen MR) is 86.8 cm³/mol. The Morgan fingerprint density at radius 1 is 1.17 bits per heavy atom. The van der Waals surface area contributed by atoms with Gasteiger partial charge >= 0.3 is 5.97 Å². The van der Waals surface area contributed by atoms with Crippen LogP contribution in [0.3, 0.4) is 0 Å². The Morgan fingerprint density at radius 2 is 2.04 bits per heavy atom. The molecular formula is C19H20O4. The molecule has 1 heterocycles. The number of fused-ring (bicyclic) bond motifs is 1. The number of aryl methyl sites for hydroxylation is 1. The van der Waals surface area contributed by atoms with E-state index in [4.69, 9.17) is 14.2 Å². The summed E-state index contributed by atoms with van der Waals surface area (Å²) in [4.78, 5) is 12.1. The average molecular weight is 312 g/mol. The molecule has 0 aromatic heterocycles. The first-order valence-electron chi connectivity index (χ1n) is 7.79. The van der Waals surface area contributed by atoms with E-state index in [1.807, 2.05) is 55.5 Å². The van der Waals surface area contributed by atoms with E-state index in [2.05, 4.69) is 0 Å². The third-order valence-corrected chi connectivity index (χ3v) is 3.80. The zero-order valence-electron chi connectivity index (χ0n) is 13.2. The number of esters is 1. The Hall–Kier alpha value is -2.49. The number of benzene rings is 2. The zero-order valence-corrected chi connectivity index (χ0v) is 13.2. The standard InChI is InChI=1S/C19H20O4/c1-14-5-4-7-17(11-14)21-9-10-22-19(20)16-12-15-6-2-3-8-18(15)23-13-16/h2-8,11,16H,9-10,12-13H2,1H3. The quantitative estimate of drug-likeness (QED) is 0.628. The lowest BCUT2D eigenvalue weighted by Crippen LogP contribution is -2.30. The van der Waals surface area contributed by atoms with Crippen molar-refractivity contribution < 1.29 is 19.0 Å². The minimum absolute atomic E-state index is 0.229. The summed E-state index contributed by atoms with van der Waals surface area (Å²) in [6, 6.07) is 15.6. The fourth-order valence-electron chi connectivity index (χ4n) is 2.60. The average Bonchev–Trinajstić information content (AvgIpc) is 2.58. The van der Waals surface area contributed by atoms with Gasteiger partial charge in [0.15, 0.2) is 0 Å². The van der Waals surface area contributed by atoms with Gasteiger partial charge in [-0.3, -0.25) is 4.79 Å². The zero-order chi connectivity index (χ0) is 16.1. The molecule has 0 spiro atoms. The molecule has 1 aliphatic rings. The molecule has 2 aromatic carbocycles. The fraction of sp³-hybridized carbons (Fsp3) is 0.316. The predicted octanol–water partition coefficient (Wildman–Crippen LogP) is 3.17. The third kappa shape index (κ3) is 4.03. The van der Waals surface area contributed by atoms with E-state index in [1.165, 1.54) is 0 Å². The smallest absolute Gasteiger partial charge is 0.312 e. The molecule has 1 aliphatic heterocycles. The second-order valence-corrected chi connectivity index (χ2v) is 5.65. The van der Waals surface area contributed by atoms with Crippen LogP contribution in [0.1, 0.15) is 11.1 Å². The lowest BCUT2D eigenvalue weighted by Gasteiger charge is -2.23. The molecule has 23 heavy (non-hydrogen) atoms. The van der Waals surface area contributed by atoms with E-state index < -0.39 is 0 Å². The van der Waals surface area contributed by atoms with Gasteiger partial charge < -0.3 is 14.2 Å². The topological polar surface area (TPSA) is 44.8 Å². The summed E-state index contributed by atoms with van der Waals surface area (Å²) in [5, 5.41) is 0. The number of para-hydroxylation sites is 1. The van der Waals surface area contributed by atoms with Crippen molar-refractivity contribution in [3.05, 3.63) is 59.7 Å². The minimum Gasteiger partial charge on any atom is -0.492 e. The van der Waals surface area contributed by atoms with Crippen molar-refractivity contribution in [1.82, 2.24) is 0 Å². The lowest BCUT2D eigenvalue weighted by atomic mass is 9.97. The summed E-state index contributed by atoms with van der Waals surface area (Å²) >= 11 is 0. The summed E-state index contributed by atoms with van der Waals surface area (Å²) in [5.41, 5.74) is 2.19. The molecule has 120 valence electrons. The van der Waals surface area contributed by atoms with Gasteiger partial charge in [-0.2, -0.15) is 0 Å². The van der Waals surface area contributed by atoms with Gasteiger partial charge in [-0.05, 0) is 42.7 Å². The van der Waals surface area contributed by atoms with Crippen LogP contribution in [0.5, 0.6) is 11.5 Å². The maximum atomic E-state index is 12.1. The molecule has 4 nitrogen and oxygen atoms in total. The van der Waals surface area contributed by atoms with E-state index >= 15 is 0 Å². The minimum atomic E-state index is -0.246. The van der Waals surface area contributed by atoms with Crippen LogP contribution < -0.4 is 9.47 Å². The Labute approximate surface area is 136 Å². The highest BCUT2D eigenvalue weighted by Gasteiger charge is 2.26. The van der Waals surface area contributed by atoms with Crippen LogP contribution in [0.4, 0.5) is 0 Å². The molecule has 2 aromatic rings. The Morgan fingerprint density at radius 3 is 2.91 bits per heavy atom. The van der Waals surface area contributed by atoms with E-state index in [9.17, 15) is 4.79 Å². The molecule has 0 aliphatic carbocycles. The van der Waals surface area contributed by atoms with Crippen molar-refractivity contribution in [3.8, 4) is 11.5 Å². The van der Waals surface area contributed by atoms with Crippen LogP contribution in [-0.2, 0) is 16.0 Å². The van der Waals surface area contributed by atoms with E-state index in [-0.39, 0.29) is 18.5 Å². The van der Waals surface area contributed by atoms with Crippen LogP contribution in [0.15, 0.2) is 48.5 Å². The van der Waals surface area contributed by atoms with Gasteiger partial charge in [0.25, 0.3) is 0 Å². The van der Waals surface area contributed by atoms with Gasteiger partial charge in [-0.25, -0.2) is 0 Å². The lowest BCUT2D eigenvalue weighted by molar-refractivity contribution is -0.150. The Kier molecular flexibility index (Phi) is 4.81. The van der Waals surface area contributed by atoms with Gasteiger partial charge in [0, 0.05) is 0 Å². The van der Waals surface area contributed by atoms with E-state index in [0.717, 1.165) is 22.6 Å². The maximum Gasteiger partial charge on any atom is 0.312 e. The second-order valence-electron chi connectivity index (χ2n) is 5.65. The summed E-state index contributed by atoms with van der Waals surface area (Å²) < 4.78 is 16.5. The fourth-order valence-corrected chi connectivity index (χ4v) is 2.60. The molecule has 3 rings (SSSR count). The molecule has 0 fully saturated rings. The van der Waals surface area contributed by atoms with Crippen molar-refractivity contribution in [2.45, 2.75) is 13.3 Å². The molecule has 0 radical (unpaired) electrons. The molecule has 1 atom stereocenters. The second kappa shape index (κ2) is 7.18. The number of hydrogen-bond donors (Lipinski definition) is 0. The molecule has 0 saturated heterocycles. The molecule has 1 unspecified atom stereocenters. The SMILES string of the molecule is Cc1cccc(OCCOC(=O)C2COc3ccccc3C2)c1. The van der Waals surface area contributed by atoms with Gasteiger partial charge in [0.1, 0.15) is 31.3 Å². The van der Waals surface area contributed by atoms with Crippen LogP contribution in [0, 0.1) is 12.8 Å². The molecule has 4 heteroatoms. The van der Waals surface area contributed by atoms with Crippen LogP contribution in [-0.4, -0.2) is 25.8 Å². The Bertz CT molecular complexity index is 681. The number of rotatable bonds is 5. The van der Waals surface area contributed by atoms with Crippen molar-refractivity contribution in [2.24, 2.45) is 5.92 Å². The molecule has 0 bridgehead atoms. The Balaban J connectivity index is 1.43. The summed E-state index contributed by atoms with van der Waals surface area (Å²) in [5.74, 6) is 1.17. The van der Waals surface area contributed by atoms with Crippen molar-refractivity contribution >= 4 is 5.97 Å². The first-order chi connectivity index (χ1) is 11.2. The maximum absolute atomic E-state index is 12.1. The summed E-state index contributed by atoms with van der Waals surface area (Å²) in [6.45, 7) is 2.96. The van der Waals surface area contributed by atoms with Crippen molar-refractivity contribution in [3.63, 3.8) is 0 Å². The normalized spacial score (nSPS) is 16.1. The highest BCUT2D eigenvalue weighted by Crippen LogP contribution is 2.27. The number of carbonyl (C=O) groups is 1. The number of ether oxygens (including phenoxy) is 3. The first kappa shape index (κ1) is 15.4. The highest BCUT2D eigenvalue weighted by molar-refractivity contribution is 5.73. The van der Waals surface area contributed by atoms with Gasteiger partial charge in [0.2, 0.25) is 0 Å². The van der Waals surface area contributed by atoms with Crippen LogP contribution in [0.25, 0.3) is 0 Å². The molecule has 0 N–H and O–H groups in total. The monoisotopic (exact) mass is 312 g/mol. The van der Waals surface area contributed by atoms with Crippen LogP contribution >= 0.6 is 0 Å². The number of carbonyl (C=O) groups excluding carboxylic acids is 1. The highest BCUT2D eigenvalue weighted by atomic mass is 16.6. The molecule has 0 saturated carbocycles. The third-order valence-electron chi connectivity index (χ3n) is 3.80. The van der Waals surface area contributed by atoms with Crippen molar-refractivity contribution in [1.29, 1.82) is 0 Å². The summed E-state index contributed by atoms with van der Waals surface area (Å²) in [7, 11) is 0. The number of hydrogen-bond acceptors (Lipinski definition) is 4. The van der Waals surface area contributed by atoms with E-state index in [1.54, 1.807) is 0 Å². The molecule has 0 amide bonds. The largest absolute Gasteiger partial charge is 0.492 e.